The molecule has 0 spiro atoms. The average molecular weight is 256 g/mol. The number of hydrogen-bond acceptors (Lipinski definition) is 4. The van der Waals surface area contributed by atoms with Crippen LogP contribution in [0.25, 0.3) is 11.0 Å². The van der Waals surface area contributed by atoms with E-state index in [9.17, 15) is 0 Å². The lowest BCUT2D eigenvalue weighted by atomic mass is 10.3. The minimum atomic E-state index is 0.238. The molecule has 5 nitrogen and oxygen atoms in total. The number of fused-ring (bicyclic) bond motifs is 1. The zero-order chi connectivity index (χ0) is 13.1. The average Bonchev–Trinajstić information content (AvgIpc) is 3.07. The fourth-order valence-corrected chi connectivity index (χ4v) is 2.12. The van der Waals surface area contributed by atoms with Gasteiger partial charge in [0.25, 0.3) is 0 Å². The summed E-state index contributed by atoms with van der Waals surface area (Å²) in [5.41, 5.74) is 2.00. The minimum Gasteiger partial charge on any atom is -0.468 e. The number of furan rings is 1. The second-order valence-corrected chi connectivity index (χ2v) is 4.58. The first-order chi connectivity index (χ1) is 9.34. The molecule has 0 amide bonds. The Hall–Kier alpha value is -2.14. The van der Waals surface area contributed by atoms with Crippen molar-refractivity contribution in [2.24, 2.45) is 0 Å². The molecule has 2 aromatic heterocycles. The van der Waals surface area contributed by atoms with Crippen LogP contribution in [0.1, 0.15) is 18.7 Å². The summed E-state index contributed by atoms with van der Waals surface area (Å²) >= 11 is 0. The molecule has 0 radical (unpaired) electrons. The normalized spacial score (nSPS) is 12.9. The van der Waals surface area contributed by atoms with E-state index in [-0.39, 0.29) is 6.04 Å². The Morgan fingerprint density at radius 1 is 1.26 bits per heavy atom. The lowest BCUT2D eigenvalue weighted by Gasteiger charge is -2.12. The van der Waals surface area contributed by atoms with Crippen molar-refractivity contribution in [3.05, 3.63) is 48.4 Å². The summed E-state index contributed by atoms with van der Waals surface area (Å²) in [7, 11) is 0. The maximum atomic E-state index is 5.28. The van der Waals surface area contributed by atoms with Crippen molar-refractivity contribution >= 4 is 11.0 Å². The van der Waals surface area contributed by atoms with Gasteiger partial charge >= 0.3 is 0 Å². The Morgan fingerprint density at radius 3 is 3.00 bits per heavy atom. The smallest absolute Gasteiger partial charge is 0.117 e. The van der Waals surface area contributed by atoms with Crippen molar-refractivity contribution in [1.82, 2.24) is 20.3 Å². The molecule has 1 aromatic carbocycles. The van der Waals surface area contributed by atoms with Crippen LogP contribution in [-0.4, -0.2) is 21.5 Å². The molecule has 0 aliphatic carbocycles. The van der Waals surface area contributed by atoms with Crippen LogP contribution in [-0.2, 0) is 6.54 Å². The Balaban J connectivity index is 1.65. The zero-order valence-electron chi connectivity index (χ0n) is 10.8. The lowest BCUT2D eigenvalue weighted by molar-refractivity contribution is 0.428. The van der Waals surface area contributed by atoms with Gasteiger partial charge in [0, 0.05) is 6.54 Å². The van der Waals surface area contributed by atoms with Crippen molar-refractivity contribution in [3.63, 3.8) is 0 Å². The molecule has 1 N–H and O–H groups in total. The number of nitrogens with zero attached hydrogens (tertiary/aromatic N) is 3. The first kappa shape index (κ1) is 11.9. The zero-order valence-corrected chi connectivity index (χ0v) is 10.8. The molecule has 0 bridgehead atoms. The fraction of sp³-hybridized carbons (Fsp3) is 0.286. The number of hydrogen-bond donors (Lipinski definition) is 1. The van der Waals surface area contributed by atoms with E-state index in [4.69, 9.17) is 4.42 Å². The van der Waals surface area contributed by atoms with Crippen LogP contribution in [0.2, 0.25) is 0 Å². The van der Waals surface area contributed by atoms with Crippen LogP contribution in [0.4, 0.5) is 0 Å². The number of aromatic nitrogens is 3. The van der Waals surface area contributed by atoms with E-state index in [0.717, 1.165) is 29.9 Å². The highest BCUT2D eigenvalue weighted by Crippen LogP contribution is 2.14. The van der Waals surface area contributed by atoms with E-state index >= 15 is 0 Å². The summed E-state index contributed by atoms with van der Waals surface area (Å²) in [5.74, 6) is 0.940. The van der Waals surface area contributed by atoms with Crippen LogP contribution in [0.3, 0.4) is 0 Å². The summed E-state index contributed by atoms with van der Waals surface area (Å²) < 4.78 is 7.23. The topological polar surface area (TPSA) is 55.9 Å². The van der Waals surface area contributed by atoms with Gasteiger partial charge < -0.3 is 9.73 Å². The van der Waals surface area contributed by atoms with Gasteiger partial charge in [-0.15, -0.1) is 5.10 Å². The minimum absolute atomic E-state index is 0.238. The summed E-state index contributed by atoms with van der Waals surface area (Å²) in [6, 6.07) is 12.1. The molecule has 2 heterocycles. The highest BCUT2D eigenvalue weighted by atomic mass is 16.3. The van der Waals surface area contributed by atoms with Crippen molar-refractivity contribution in [2.75, 3.05) is 6.54 Å². The summed E-state index contributed by atoms with van der Waals surface area (Å²) in [6.07, 6.45) is 1.69. The van der Waals surface area contributed by atoms with Gasteiger partial charge in [-0.25, -0.2) is 4.68 Å². The fourth-order valence-electron chi connectivity index (χ4n) is 2.12. The molecule has 0 saturated carbocycles. The van der Waals surface area contributed by atoms with E-state index in [0.29, 0.717) is 0 Å². The Kier molecular flexibility index (Phi) is 3.29. The quantitative estimate of drug-likeness (QED) is 0.761. The molecule has 0 aliphatic rings. The number of para-hydroxylation sites is 1. The summed E-state index contributed by atoms with van der Waals surface area (Å²) in [4.78, 5) is 0. The molecule has 3 rings (SSSR count). The number of benzene rings is 1. The molecule has 98 valence electrons. The summed E-state index contributed by atoms with van der Waals surface area (Å²) in [6.45, 7) is 3.66. The van der Waals surface area contributed by atoms with Crippen molar-refractivity contribution in [2.45, 2.75) is 19.5 Å². The molecular weight excluding hydrogens is 240 g/mol. The predicted molar refractivity (Wildman–Crippen MR) is 72.7 cm³/mol. The van der Waals surface area contributed by atoms with Crippen molar-refractivity contribution in [1.29, 1.82) is 0 Å². The van der Waals surface area contributed by atoms with E-state index in [1.54, 1.807) is 6.26 Å². The van der Waals surface area contributed by atoms with Gasteiger partial charge in [0.2, 0.25) is 0 Å². The van der Waals surface area contributed by atoms with Crippen molar-refractivity contribution in [3.8, 4) is 0 Å². The van der Waals surface area contributed by atoms with Crippen molar-refractivity contribution < 1.29 is 4.42 Å². The van der Waals surface area contributed by atoms with Gasteiger partial charge in [-0.05, 0) is 31.2 Å². The monoisotopic (exact) mass is 256 g/mol. The molecule has 5 heteroatoms. The highest BCUT2D eigenvalue weighted by molar-refractivity contribution is 5.73. The van der Waals surface area contributed by atoms with Crippen LogP contribution >= 0.6 is 0 Å². The summed E-state index contributed by atoms with van der Waals surface area (Å²) in [5, 5.41) is 11.7. The van der Waals surface area contributed by atoms with Gasteiger partial charge in [-0.3, -0.25) is 0 Å². The van der Waals surface area contributed by atoms with Crippen LogP contribution < -0.4 is 5.32 Å². The number of nitrogens with one attached hydrogen (secondary N) is 1. The van der Waals surface area contributed by atoms with E-state index < -0.39 is 0 Å². The molecule has 0 saturated heterocycles. The van der Waals surface area contributed by atoms with Crippen LogP contribution in [0.5, 0.6) is 0 Å². The number of rotatable bonds is 5. The maximum absolute atomic E-state index is 5.28. The standard InChI is InChI=1S/C14H16N4O/c1-11(9-15-10-12-5-4-8-19-12)18-14-7-3-2-6-13(14)16-17-18/h2-8,11,15H,9-10H2,1H3. The molecule has 1 atom stereocenters. The maximum Gasteiger partial charge on any atom is 0.117 e. The molecule has 1 unspecified atom stereocenters. The van der Waals surface area contributed by atoms with Gasteiger partial charge in [-0.1, -0.05) is 17.3 Å². The predicted octanol–water partition coefficient (Wildman–Crippen LogP) is 2.38. The second kappa shape index (κ2) is 5.24. The third-order valence-corrected chi connectivity index (χ3v) is 3.11. The third kappa shape index (κ3) is 2.51. The van der Waals surface area contributed by atoms with Gasteiger partial charge in [0.1, 0.15) is 11.3 Å². The first-order valence-corrected chi connectivity index (χ1v) is 6.37. The molecule has 19 heavy (non-hydrogen) atoms. The van der Waals surface area contributed by atoms with Crippen LogP contribution in [0.15, 0.2) is 47.1 Å². The van der Waals surface area contributed by atoms with E-state index in [1.807, 2.05) is 41.1 Å². The first-order valence-electron chi connectivity index (χ1n) is 6.37. The highest BCUT2D eigenvalue weighted by Gasteiger charge is 2.10. The molecule has 0 fully saturated rings. The largest absolute Gasteiger partial charge is 0.468 e. The Labute approximate surface area is 111 Å². The van der Waals surface area contributed by atoms with Gasteiger partial charge in [0.05, 0.1) is 24.4 Å². The SMILES string of the molecule is CC(CNCc1ccco1)n1nnc2ccccc21. The van der Waals surface area contributed by atoms with E-state index in [2.05, 4.69) is 22.6 Å². The second-order valence-electron chi connectivity index (χ2n) is 4.58. The van der Waals surface area contributed by atoms with Gasteiger partial charge in [0.15, 0.2) is 0 Å². The Bertz CT molecular complexity index is 644. The van der Waals surface area contributed by atoms with E-state index in [1.165, 1.54) is 0 Å². The molecule has 0 aliphatic heterocycles. The third-order valence-electron chi connectivity index (χ3n) is 3.11. The molecule has 3 aromatic rings. The molecular formula is C14H16N4O. The Morgan fingerprint density at radius 2 is 2.16 bits per heavy atom. The van der Waals surface area contributed by atoms with Crippen LogP contribution in [0, 0.1) is 0 Å². The van der Waals surface area contributed by atoms with Gasteiger partial charge in [-0.2, -0.15) is 0 Å². The lowest BCUT2D eigenvalue weighted by Crippen LogP contribution is -2.23.